The van der Waals surface area contributed by atoms with Crippen molar-refractivity contribution in [3.63, 3.8) is 0 Å². The van der Waals surface area contributed by atoms with Gasteiger partial charge in [0.1, 0.15) is 5.41 Å². The fourth-order valence-corrected chi connectivity index (χ4v) is 12.2. The van der Waals surface area contributed by atoms with E-state index in [9.17, 15) is 9.59 Å². The Kier molecular flexibility index (Phi) is 7.74. The van der Waals surface area contributed by atoms with Crippen LogP contribution < -0.4 is 0 Å². The van der Waals surface area contributed by atoms with Crippen molar-refractivity contribution in [3.8, 4) is 0 Å². The lowest BCUT2D eigenvalue weighted by atomic mass is 9.56. The Morgan fingerprint density at radius 2 is 1.72 bits per heavy atom. The van der Waals surface area contributed by atoms with Crippen molar-refractivity contribution in [2.45, 2.75) is 82.2 Å². The minimum atomic E-state index is -0.669. The molecule has 2 aliphatic carbocycles. The van der Waals surface area contributed by atoms with Gasteiger partial charge in [-0.25, -0.2) is 0 Å². The SMILES string of the molecule is CC[C@@H]1CN(C)[C@@H]2Cc3c([nH]c4ccccc34)[C@H](c3ccc4c5c([nH]c4c3)[C@]3(C(=O)OC)C[C@H]4C[C@H](CC)[C@@H]3N(CC5)C4)C[C@H]1[C@H]2C(=O)OC. The highest BCUT2D eigenvalue weighted by atomic mass is 16.5. The van der Waals surface area contributed by atoms with Crippen LogP contribution in [0.4, 0.5) is 0 Å². The third-order valence-corrected chi connectivity index (χ3v) is 14.3. The number of H-pyrrole nitrogens is 2. The summed E-state index contributed by atoms with van der Waals surface area (Å²) in [4.78, 5) is 40.7. The molecule has 3 saturated heterocycles. The normalized spacial score (nSPS) is 34.8. The molecule has 4 aromatic rings. The van der Waals surface area contributed by atoms with Crippen LogP contribution in [0, 0.1) is 29.6 Å². The predicted octanol–water partition coefficient (Wildman–Crippen LogP) is 6.56. The van der Waals surface area contributed by atoms with Crippen LogP contribution in [0.3, 0.4) is 0 Å². The lowest BCUT2D eigenvalue weighted by molar-refractivity contribution is -0.162. The number of aromatic amines is 2. The molecule has 10 atom stereocenters. The van der Waals surface area contributed by atoms with E-state index < -0.39 is 5.41 Å². The number of hydrogen-bond acceptors (Lipinski definition) is 6. The number of methoxy groups -OCH3 is 2. The van der Waals surface area contributed by atoms with Crippen molar-refractivity contribution >= 4 is 33.7 Å². The van der Waals surface area contributed by atoms with Crippen molar-refractivity contribution < 1.29 is 19.1 Å². The maximum absolute atomic E-state index is 14.1. The quantitative estimate of drug-likeness (QED) is 0.233. The molecule has 50 heavy (non-hydrogen) atoms. The first kappa shape index (κ1) is 32.3. The van der Waals surface area contributed by atoms with Crippen LogP contribution in [0.2, 0.25) is 0 Å². The Morgan fingerprint density at radius 3 is 2.50 bits per heavy atom. The third-order valence-electron chi connectivity index (χ3n) is 14.3. The number of nitrogens with one attached hydrogen (secondary N) is 2. The van der Waals surface area contributed by atoms with Crippen LogP contribution in [0.15, 0.2) is 42.5 Å². The molecule has 2 aromatic carbocycles. The largest absolute Gasteiger partial charge is 0.469 e. The van der Waals surface area contributed by atoms with E-state index in [0.29, 0.717) is 17.8 Å². The van der Waals surface area contributed by atoms with E-state index >= 15 is 0 Å². The van der Waals surface area contributed by atoms with Crippen molar-refractivity contribution in [2.75, 3.05) is 40.9 Å². The number of hydrogen-bond donors (Lipinski definition) is 2. The average Bonchev–Trinajstić information content (AvgIpc) is 3.67. The molecule has 0 spiro atoms. The fourth-order valence-electron chi connectivity index (χ4n) is 12.2. The number of esters is 2. The number of nitrogens with zero attached hydrogens (tertiary/aromatic N) is 2. The topological polar surface area (TPSA) is 90.7 Å². The lowest BCUT2D eigenvalue weighted by Crippen LogP contribution is -2.67. The van der Waals surface area contributed by atoms with E-state index in [1.54, 1.807) is 14.2 Å². The van der Waals surface area contributed by atoms with Crippen molar-refractivity contribution in [2.24, 2.45) is 29.6 Å². The summed E-state index contributed by atoms with van der Waals surface area (Å²) in [6, 6.07) is 15.9. The second-order valence-corrected chi connectivity index (χ2v) is 16.4. The standard InChI is InChI=1S/C42H52N4O4/c1-6-24-16-23-20-42(41(48)50-5)38-29(14-15-46(21-23)39(24)42)28-13-12-26(17-34(28)44-38)31-18-30-25(7-2)22-45(3)35(36(30)40(47)49-4)19-32-27-10-8-9-11-33(27)43-37(31)32/h8-13,17,23-25,30-31,35-36,39,43-44H,6-7,14-16,18-22H2,1-5H3/t23-,24+,25-,30-,31+,35-,36-,39+,42-/m1/s1. The molecule has 0 radical (unpaired) electrons. The minimum absolute atomic E-state index is 0.0788. The number of para-hydroxylation sites is 1. The zero-order chi connectivity index (χ0) is 34.5. The molecule has 1 saturated carbocycles. The number of likely N-dealkylation sites (tertiary alicyclic amines) is 1. The van der Waals surface area contributed by atoms with Crippen molar-refractivity contribution in [1.82, 2.24) is 19.8 Å². The summed E-state index contributed by atoms with van der Waals surface area (Å²) in [6.45, 7) is 7.61. The van der Waals surface area contributed by atoms with Crippen LogP contribution in [0.5, 0.6) is 0 Å². The summed E-state index contributed by atoms with van der Waals surface area (Å²) in [7, 11) is 5.31. The summed E-state index contributed by atoms with van der Waals surface area (Å²) in [5.41, 5.74) is 7.83. The monoisotopic (exact) mass is 676 g/mol. The van der Waals surface area contributed by atoms with Crippen LogP contribution in [-0.4, -0.2) is 84.7 Å². The molecule has 0 amide bonds. The highest BCUT2D eigenvalue weighted by Gasteiger charge is 2.62. The highest BCUT2D eigenvalue weighted by Crippen LogP contribution is 2.56. The maximum Gasteiger partial charge on any atom is 0.319 e. The molecule has 4 aliphatic heterocycles. The van der Waals surface area contributed by atoms with E-state index in [-0.39, 0.29) is 41.8 Å². The van der Waals surface area contributed by atoms with E-state index in [1.807, 2.05) is 0 Å². The number of rotatable bonds is 5. The zero-order valence-electron chi connectivity index (χ0n) is 30.3. The molecule has 264 valence electrons. The number of likely N-dealkylation sites (N-methyl/N-ethyl adjacent to an activating group) is 1. The lowest BCUT2D eigenvalue weighted by Gasteiger charge is -2.57. The molecule has 2 N–H and O–H groups in total. The first-order valence-corrected chi connectivity index (χ1v) is 19.2. The van der Waals surface area contributed by atoms with Gasteiger partial charge in [-0.2, -0.15) is 0 Å². The van der Waals surface area contributed by atoms with Gasteiger partial charge in [0, 0.05) is 70.8 Å². The Labute approximate surface area is 295 Å². The number of fused-ring (bicyclic) bond motifs is 9. The van der Waals surface area contributed by atoms with Gasteiger partial charge in [-0.1, -0.05) is 57.0 Å². The second kappa shape index (κ2) is 12.0. The first-order valence-electron chi connectivity index (χ1n) is 19.2. The summed E-state index contributed by atoms with van der Waals surface area (Å²) in [6.07, 6.45) is 6.77. The smallest absolute Gasteiger partial charge is 0.319 e. The number of carbonyl (C=O) groups is 2. The minimum Gasteiger partial charge on any atom is -0.469 e. The first-order chi connectivity index (χ1) is 24.3. The summed E-state index contributed by atoms with van der Waals surface area (Å²) in [5, 5.41) is 2.47. The molecule has 8 heteroatoms. The number of piperidine rings is 3. The average molecular weight is 677 g/mol. The van der Waals surface area contributed by atoms with E-state index in [1.165, 1.54) is 39.6 Å². The Hall–Kier alpha value is -3.62. The second-order valence-electron chi connectivity index (χ2n) is 16.4. The highest BCUT2D eigenvalue weighted by molar-refractivity contribution is 5.92. The van der Waals surface area contributed by atoms with Gasteiger partial charge in [-0.3, -0.25) is 14.5 Å². The maximum atomic E-state index is 14.1. The van der Waals surface area contributed by atoms with Crippen LogP contribution in [-0.2, 0) is 37.3 Å². The van der Waals surface area contributed by atoms with Gasteiger partial charge < -0.3 is 24.3 Å². The Balaban J connectivity index is 1.22. The van der Waals surface area contributed by atoms with Crippen molar-refractivity contribution in [3.05, 3.63) is 70.5 Å². The number of ether oxygens (including phenoxy) is 2. The Morgan fingerprint density at radius 1 is 0.920 bits per heavy atom. The predicted molar refractivity (Wildman–Crippen MR) is 195 cm³/mol. The van der Waals surface area contributed by atoms with Crippen LogP contribution >= 0.6 is 0 Å². The van der Waals surface area contributed by atoms with Gasteiger partial charge >= 0.3 is 11.9 Å². The van der Waals surface area contributed by atoms with Crippen LogP contribution in [0.1, 0.15) is 79.9 Å². The third kappa shape index (κ3) is 4.49. The van der Waals surface area contributed by atoms with Gasteiger partial charge in [0.2, 0.25) is 0 Å². The molecule has 6 heterocycles. The van der Waals surface area contributed by atoms with E-state index in [4.69, 9.17) is 9.47 Å². The molecule has 4 fully saturated rings. The molecular weight excluding hydrogens is 624 g/mol. The van der Waals surface area contributed by atoms with Gasteiger partial charge in [0.15, 0.2) is 0 Å². The number of carbonyl (C=O) groups excluding carboxylic acids is 2. The van der Waals surface area contributed by atoms with Gasteiger partial charge in [0.05, 0.1) is 20.1 Å². The fraction of sp³-hybridized carbons (Fsp3) is 0.571. The molecule has 10 rings (SSSR count). The molecular formula is C42H52N4O4. The Bertz CT molecular complexity index is 1980. The number of aromatic nitrogens is 2. The molecule has 6 aliphatic rings. The van der Waals surface area contributed by atoms with Crippen molar-refractivity contribution in [1.29, 1.82) is 0 Å². The van der Waals surface area contributed by atoms with Crippen LogP contribution in [0.25, 0.3) is 21.8 Å². The number of benzene rings is 2. The van der Waals surface area contributed by atoms with Gasteiger partial charge in [0.25, 0.3) is 0 Å². The molecule has 2 aromatic heterocycles. The van der Waals surface area contributed by atoms with Gasteiger partial charge in [-0.15, -0.1) is 0 Å². The summed E-state index contributed by atoms with van der Waals surface area (Å²) < 4.78 is 11.3. The summed E-state index contributed by atoms with van der Waals surface area (Å²) >= 11 is 0. The van der Waals surface area contributed by atoms with E-state index in [0.717, 1.165) is 74.9 Å². The molecule has 1 unspecified atom stereocenters. The molecule has 6 bridgehead atoms. The zero-order valence-corrected chi connectivity index (χ0v) is 30.3. The van der Waals surface area contributed by atoms with E-state index in [2.05, 4.69) is 83.1 Å². The summed E-state index contributed by atoms with van der Waals surface area (Å²) in [5.74, 6) is 1.32. The molecule has 8 nitrogen and oxygen atoms in total. The van der Waals surface area contributed by atoms with Gasteiger partial charge in [-0.05, 0) is 91.6 Å².